The minimum atomic E-state index is -0.501. The molecule has 1 saturated heterocycles. The minimum Gasteiger partial charge on any atom is -0.496 e. The Hall–Kier alpha value is -2.28. The number of allylic oxidation sites excluding steroid dienone is 1. The molecule has 25 heavy (non-hydrogen) atoms. The molecule has 1 aromatic heterocycles. The summed E-state index contributed by atoms with van der Waals surface area (Å²) in [4.78, 5) is 22.0. The molecule has 0 atom stereocenters. The molecule has 1 aromatic rings. The molecule has 0 spiro atoms. The number of rotatable bonds is 4. The summed E-state index contributed by atoms with van der Waals surface area (Å²) in [5.74, 6) is 0.562. The van der Waals surface area contributed by atoms with Crippen molar-refractivity contribution in [3.63, 3.8) is 0 Å². The van der Waals surface area contributed by atoms with Gasteiger partial charge in [-0.3, -0.25) is 4.99 Å². The van der Waals surface area contributed by atoms with Crippen molar-refractivity contribution in [2.45, 2.75) is 32.4 Å². The van der Waals surface area contributed by atoms with E-state index < -0.39 is 5.60 Å². The smallest absolute Gasteiger partial charge is 0.410 e. The Labute approximate surface area is 152 Å². The monoisotopic (exact) mass is 366 g/mol. The number of carbonyl (C=O) groups is 1. The number of ether oxygens (including phenoxy) is 2. The second kappa shape index (κ2) is 7.74. The van der Waals surface area contributed by atoms with E-state index in [2.05, 4.69) is 9.98 Å². The van der Waals surface area contributed by atoms with E-state index in [9.17, 15) is 4.79 Å². The average molecular weight is 367 g/mol. The zero-order valence-corrected chi connectivity index (χ0v) is 15.6. The zero-order chi connectivity index (χ0) is 18.6. The Morgan fingerprint density at radius 3 is 2.72 bits per heavy atom. The summed E-state index contributed by atoms with van der Waals surface area (Å²) in [7, 11) is 1.55. The summed E-state index contributed by atoms with van der Waals surface area (Å²) >= 11 is 5.87. The van der Waals surface area contributed by atoms with E-state index in [-0.39, 0.29) is 12.1 Å². The molecule has 7 nitrogen and oxygen atoms in total. The van der Waals surface area contributed by atoms with Gasteiger partial charge in [0.15, 0.2) is 0 Å². The van der Waals surface area contributed by atoms with Gasteiger partial charge in [0.2, 0.25) is 0 Å². The summed E-state index contributed by atoms with van der Waals surface area (Å²) < 4.78 is 10.6. The van der Waals surface area contributed by atoms with Crippen LogP contribution in [0.2, 0.25) is 5.15 Å². The predicted molar refractivity (Wildman–Crippen MR) is 98.1 cm³/mol. The number of hydrogen-bond donors (Lipinski definition) is 1. The molecule has 0 radical (unpaired) electrons. The average Bonchev–Trinajstić information content (AvgIpc) is 2.48. The van der Waals surface area contributed by atoms with Crippen LogP contribution in [0, 0.1) is 0 Å². The Kier molecular flexibility index (Phi) is 5.89. The number of hydrogen-bond acceptors (Lipinski definition) is 6. The molecule has 136 valence electrons. The van der Waals surface area contributed by atoms with Gasteiger partial charge < -0.3 is 20.1 Å². The van der Waals surface area contributed by atoms with Gasteiger partial charge in [0.1, 0.15) is 16.5 Å². The van der Waals surface area contributed by atoms with Crippen molar-refractivity contribution in [1.82, 2.24) is 9.88 Å². The van der Waals surface area contributed by atoms with Gasteiger partial charge in [-0.25, -0.2) is 9.78 Å². The third-order valence-electron chi connectivity index (χ3n) is 3.48. The predicted octanol–water partition coefficient (Wildman–Crippen LogP) is 2.73. The second-order valence-electron chi connectivity index (χ2n) is 6.65. The highest BCUT2D eigenvalue weighted by Crippen LogP contribution is 2.26. The van der Waals surface area contributed by atoms with E-state index in [4.69, 9.17) is 26.8 Å². The minimum absolute atomic E-state index is 0.00808. The number of halogens is 1. The molecule has 0 unspecified atom stereocenters. The fourth-order valence-corrected chi connectivity index (χ4v) is 2.36. The molecular weight excluding hydrogens is 344 g/mol. The Morgan fingerprint density at radius 1 is 1.48 bits per heavy atom. The van der Waals surface area contributed by atoms with Gasteiger partial charge in [0, 0.05) is 48.9 Å². The molecule has 2 heterocycles. The molecule has 1 aliphatic rings. The number of nitrogens with zero attached hydrogens (tertiary/aromatic N) is 3. The second-order valence-corrected chi connectivity index (χ2v) is 7.03. The van der Waals surface area contributed by atoms with Crippen molar-refractivity contribution < 1.29 is 14.3 Å². The first-order valence-corrected chi connectivity index (χ1v) is 8.24. The lowest BCUT2D eigenvalue weighted by atomic mass is 10.1. The molecule has 2 rings (SSSR count). The van der Waals surface area contributed by atoms with E-state index in [1.807, 2.05) is 20.8 Å². The Morgan fingerprint density at radius 2 is 2.16 bits per heavy atom. The number of methoxy groups -OCH3 is 1. The van der Waals surface area contributed by atoms with Gasteiger partial charge in [0.25, 0.3) is 0 Å². The van der Waals surface area contributed by atoms with Gasteiger partial charge >= 0.3 is 6.09 Å². The summed E-state index contributed by atoms with van der Waals surface area (Å²) in [5.41, 5.74) is 6.56. The molecule has 0 aliphatic carbocycles. The quantitative estimate of drug-likeness (QED) is 0.653. The van der Waals surface area contributed by atoms with Crippen LogP contribution in [-0.4, -0.2) is 54.0 Å². The lowest BCUT2D eigenvalue weighted by Gasteiger charge is -2.37. The highest BCUT2D eigenvalue weighted by atomic mass is 35.5. The van der Waals surface area contributed by atoms with Crippen LogP contribution in [0.15, 0.2) is 23.5 Å². The zero-order valence-electron chi connectivity index (χ0n) is 14.8. The highest BCUT2D eigenvalue weighted by Gasteiger charge is 2.33. The summed E-state index contributed by atoms with van der Waals surface area (Å²) in [6, 6.07) is 1.62. The van der Waals surface area contributed by atoms with Crippen molar-refractivity contribution >= 4 is 29.5 Å². The van der Waals surface area contributed by atoms with Crippen molar-refractivity contribution in [2.75, 3.05) is 20.2 Å². The first-order chi connectivity index (χ1) is 11.7. The van der Waals surface area contributed by atoms with Gasteiger partial charge in [0.05, 0.1) is 13.2 Å². The largest absolute Gasteiger partial charge is 0.496 e. The maximum absolute atomic E-state index is 11.9. The molecule has 1 fully saturated rings. The molecule has 0 saturated carbocycles. The highest BCUT2D eigenvalue weighted by molar-refractivity contribution is 6.29. The van der Waals surface area contributed by atoms with Gasteiger partial charge in [-0.15, -0.1) is 0 Å². The van der Waals surface area contributed by atoms with Gasteiger partial charge in [-0.05, 0) is 20.8 Å². The molecule has 1 aliphatic heterocycles. The van der Waals surface area contributed by atoms with Crippen LogP contribution in [-0.2, 0) is 4.74 Å². The van der Waals surface area contributed by atoms with Crippen molar-refractivity contribution in [1.29, 1.82) is 0 Å². The van der Waals surface area contributed by atoms with Crippen LogP contribution < -0.4 is 10.5 Å². The topological polar surface area (TPSA) is 90.0 Å². The van der Waals surface area contributed by atoms with E-state index in [1.54, 1.807) is 30.5 Å². The molecule has 1 amide bonds. The van der Waals surface area contributed by atoms with Crippen LogP contribution in [0.5, 0.6) is 5.75 Å². The molecule has 0 bridgehead atoms. The maximum Gasteiger partial charge on any atom is 0.410 e. The van der Waals surface area contributed by atoms with E-state index >= 15 is 0 Å². The Balaban J connectivity index is 1.97. The van der Waals surface area contributed by atoms with Crippen molar-refractivity contribution in [3.8, 4) is 5.75 Å². The summed E-state index contributed by atoms with van der Waals surface area (Å²) in [5, 5.41) is 0.334. The van der Waals surface area contributed by atoms with Crippen LogP contribution >= 0.6 is 11.6 Å². The molecule has 8 heteroatoms. The van der Waals surface area contributed by atoms with Crippen LogP contribution in [0.1, 0.15) is 26.3 Å². The number of aliphatic imine (C=N–C) groups is 1. The van der Waals surface area contributed by atoms with E-state index in [0.29, 0.717) is 35.1 Å². The van der Waals surface area contributed by atoms with Crippen LogP contribution in [0.4, 0.5) is 4.79 Å². The fraction of sp³-hybridized carbons (Fsp3) is 0.471. The number of likely N-dealkylation sites (tertiary alicyclic amines) is 1. The van der Waals surface area contributed by atoms with Gasteiger partial charge in [-0.2, -0.15) is 0 Å². The first kappa shape index (κ1) is 19.1. The first-order valence-electron chi connectivity index (χ1n) is 7.86. The Bertz CT molecular complexity index is 692. The molecule has 2 N–H and O–H groups in total. The third kappa shape index (κ3) is 5.09. The standard InChI is InChI=1S/C17H23ClN4O3/c1-17(2,3)25-16(23)22-9-12(10-22)20-7-11(6-19)13-8-21-15(18)5-14(13)24-4/h5-8,12H,9-10,19H2,1-4H3/b11-6+,20-7?. The lowest BCUT2D eigenvalue weighted by Crippen LogP contribution is -2.54. The molecule has 0 aromatic carbocycles. The van der Waals surface area contributed by atoms with Gasteiger partial charge in [-0.1, -0.05) is 11.6 Å². The third-order valence-corrected chi connectivity index (χ3v) is 3.69. The number of pyridine rings is 1. The number of amides is 1. The summed E-state index contributed by atoms with van der Waals surface area (Å²) in [6.07, 6.45) is 4.35. The SMILES string of the molecule is COc1cc(Cl)ncc1/C(C=NC1CN(C(=O)OC(C)(C)C)C1)=C/N. The van der Waals surface area contributed by atoms with E-state index in [0.717, 1.165) is 0 Å². The maximum atomic E-state index is 11.9. The van der Waals surface area contributed by atoms with Crippen LogP contribution in [0.25, 0.3) is 5.57 Å². The van der Waals surface area contributed by atoms with Crippen LogP contribution in [0.3, 0.4) is 0 Å². The summed E-state index contributed by atoms with van der Waals surface area (Å²) in [6.45, 7) is 6.54. The fourth-order valence-electron chi connectivity index (χ4n) is 2.21. The lowest BCUT2D eigenvalue weighted by molar-refractivity contribution is 0.00911. The van der Waals surface area contributed by atoms with Crippen molar-refractivity contribution in [3.05, 3.63) is 29.2 Å². The van der Waals surface area contributed by atoms with Crippen molar-refractivity contribution in [2.24, 2.45) is 10.7 Å². The number of carbonyl (C=O) groups excluding carboxylic acids is 1. The number of nitrogens with two attached hydrogens (primary N) is 1. The number of aromatic nitrogens is 1. The normalized spacial score (nSPS) is 16.0. The molecular formula is C17H23ClN4O3. The van der Waals surface area contributed by atoms with E-state index in [1.165, 1.54) is 6.20 Å².